The monoisotopic (exact) mass is 302 g/mol. The first kappa shape index (κ1) is 14.7. The van der Waals surface area contributed by atoms with E-state index in [1.165, 1.54) is 22.8 Å². The molecule has 3 atom stereocenters. The second-order valence-electron chi connectivity index (χ2n) is 4.54. The van der Waals surface area contributed by atoms with E-state index in [-0.39, 0.29) is 0 Å². The lowest BCUT2D eigenvalue weighted by atomic mass is 10.0. The molecule has 1 aliphatic heterocycles. The van der Waals surface area contributed by atoms with Gasteiger partial charge in [0.15, 0.2) is 0 Å². The van der Waals surface area contributed by atoms with Gasteiger partial charge in [0.2, 0.25) is 0 Å². The maximum Gasteiger partial charge on any atom is 0.0343 e. The van der Waals surface area contributed by atoms with Gasteiger partial charge in [0.1, 0.15) is 0 Å². The molecule has 1 aliphatic rings. The standard InChI is InChI=1S/C13H22N2S3/c1-2-12-13(18-9-8-17-12)11(15-14)6-5-10-4-3-7-16-10/h3-4,7,11-13,15H,2,5-6,8-9,14H2,1H3. The number of thiophene rings is 1. The van der Waals surface area contributed by atoms with Crippen LogP contribution in [0, 0.1) is 0 Å². The highest BCUT2D eigenvalue weighted by atomic mass is 32.2. The lowest BCUT2D eigenvalue weighted by Gasteiger charge is -2.35. The molecule has 0 saturated carbocycles. The largest absolute Gasteiger partial charge is 0.271 e. The molecule has 1 saturated heterocycles. The van der Waals surface area contributed by atoms with Crippen LogP contribution in [0.5, 0.6) is 0 Å². The first-order valence-corrected chi connectivity index (χ1v) is 9.54. The Morgan fingerprint density at radius 3 is 2.94 bits per heavy atom. The van der Waals surface area contributed by atoms with Crippen molar-refractivity contribution in [3.8, 4) is 0 Å². The van der Waals surface area contributed by atoms with Gasteiger partial charge in [-0.05, 0) is 30.7 Å². The first-order valence-electron chi connectivity index (χ1n) is 6.57. The van der Waals surface area contributed by atoms with Gasteiger partial charge >= 0.3 is 0 Å². The van der Waals surface area contributed by atoms with Crippen molar-refractivity contribution in [2.45, 2.75) is 42.7 Å². The molecule has 102 valence electrons. The van der Waals surface area contributed by atoms with Crippen LogP contribution in [-0.2, 0) is 6.42 Å². The molecule has 0 aliphatic carbocycles. The summed E-state index contributed by atoms with van der Waals surface area (Å²) in [7, 11) is 0. The Morgan fingerprint density at radius 2 is 2.28 bits per heavy atom. The van der Waals surface area contributed by atoms with Crippen molar-refractivity contribution >= 4 is 34.9 Å². The number of thioether (sulfide) groups is 2. The van der Waals surface area contributed by atoms with E-state index in [0.717, 1.165) is 18.1 Å². The van der Waals surface area contributed by atoms with Crippen molar-refractivity contribution in [2.24, 2.45) is 5.84 Å². The Hall–Kier alpha value is 0.320. The second-order valence-corrected chi connectivity index (χ2v) is 8.21. The summed E-state index contributed by atoms with van der Waals surface area (Å²) >= 11 is 6.08. The highest BCUT2D eigenvalue weighted by Crippen LogP contribution is 2.36. The molecule has 0 bridgehead atoms. The highest BCUT2D eigenvalue weighted by Gasteiger charge is 2.31. The van der Waals surface area contributed by atoms with Gasteiger partial charge in [0.25, 0.3) is 0 Å². The van der Waals surface area contributed by atoms with Gasteiger partial charge in [-0.2, -0.15) is 23.5 Å². The van der Waals surface area contributed by atoms with Crippen LogP contribution in [0.15, 0.2) is 17.5 Å². The number of aryl methyl sites for hydroxylation is 1. The maximum atomic E-state index is 5.79. The van der Waals surface area contributed by atoms with Gasteiger partial charge in [-0.25, -0.2) is 0 Å². The summed E-state index contributed by atoms with van der Waals surface area (Å²) in [5.74, 6) is 8.35. The summed E-state index contributed by atoms with van der Waals surface area (Å²) in [6, 6.07) is 4.79. The lowest BCUT2D eigenvalue weighted by Crippen LogP contribution is -2.48. The molecule has 0 amide bonds. The van der Waals surface area contributed by atoms with Crippen molar-refractivity contribution in [1.82, 2.24) is 5.43 Å². The zero-order valence-corrected chi connectivity index (χ0v) is 13.3. The van der Waals surface area contributed by atoms with Gasteiger partial charge in [-0.15, -0.1) is 11.3 Å². The summed E-state index contributed by atoms with van der Waals surface area (Å²) in [4.78, 5) is 1.47. The molecule has 3 unspecified atom stereocenters. The average molecular weight is 303 g/mol. The molecule has 1 aromatic rings. The lowest BCUT2D eigenvalue weighted by molar-refractivity contribution is 0.465. The van der Waals surface area contributed by atoms with Crippen molar-refractivity contribution < 1.29 is 0 Å². The minimum Gasteiger partial charge on any atom is -0.271 e. The molecule has 18 heavy (non-hydrogen) atoms. The number of hydrazine groups is 1. The molecule has 2 heterocycles. The number of nitrogens with two attached hydrogens (primary N) is 1. The second kappa shape index (κ2) is 7.80. The SMILES string of the molecule is CCC1SCCSC1C(CCc1cccs1)NN. The molecule has 1 fully saturated rings. The molecule has 5 heteroatoms. The third kappa shape index (κ3) is 3.90. The summed E-state index contributed by atoms with van der Waals surface area (Å²) in [5, 5.41) is 3.58. The van der Waals surface area contributed by atoms with Crippen LogP contribution in [0.25, 0.3) is 0 Å². The Balaban J connectivity index is 1.89. The van der Waals surface area contributed by atoms with E-state index in [4.69, 9.17) is 5.84 Å². The van der Waals surface area contributed by atoms with Gasteiger partial charge in [0.05, 0.1) is 0 Å². The van der Waals surface area contributed by atoms with Gasteiger partial charge in [-0.1, -0.05) is 13.0 Å². The molecule has 2 rings (SSSR count). The normalized spacial score (nSPS) is 26.1. The topological polar surface area (TPSA) is 38.0 Å². The van der Waals surface area contributed by atoms with E-state index in [1.807, 2.05) is 11.3 Å². The maximum absolute atomic E-state index is 5.79. The molecule has 0 aromatic carbocycles. The molecule has 1 aromatic heterocycles. The van der Waals surface area contributed by atoms with Crippen molar-refractivity contribution in [3.63, 3.8) is 0 Å². The molecular weight excluding hydrogens is 280 g/mol. The quantitative estimate of drug-likeness (QED) is 0.625. The number of hydrogen-bond acceptors (Lipinski definition) is 5. The zero-order valence-electron chi connectivity index (χ0n) is 10.8. The molecule has 3 N–H and O–H groups in total. The van der Waals surface area contributed by atoms with Crippen LogP contribution in [0.2, 0.25) is 0 Å². The van der Waals surface area contributed by atoms with Crippen LogP contribution in [0.3, 0.4) is 0 Å². The Kier molecular flexibility index (Phi) is 6.38. The first-order chi connectivity index (χ1) is 8.85. The number of rotatable bonds is 6. The fourth-order valence-electron chi connectivity index (χ4n) is 2.41. The fourth-order valence-corrected chi connectivity index (χ4v) is 6.42. The summed E-state index contributed by atoms with van der Waals surface area (Å²) in [6.07, 6.45) is 3.54. The van der Waals surface area contributed by atoms with E-state index in [0.29, 0.717) is 11.3 Å². The molecule has 0 radical (unpaired) electrons. The van der Waals surface area contributed by atoms with Crippen LogP contribution in [-0.4, -0.2) is 28.0 Å². The fraction of sp³-hybridized carbons (Fsp3) is 0.692. The van der Waals surface area contributed by atoms with Crippen molar-refractivity contribution in [1.29, 1.82) is 0 Å². The minimum atomic E-state index is 0.440. The van der Waals surface area contributed by atoms with E-state index in [2.05, 4.69) is 53.4 Å². The van der Waals surface area contributed by atoms with E-state index in [1.54, 1.807) is 0 Å². The van der Waals surface area contributed by atoms with Crippen LogP contribution < -0.4 is 11.3 Å². The van der Waals surface area contributed by atoms with E-state index in [9.17, 15) is 0 Å². The van der Waals surface area contributed by atoms with E-state index < -0.39 is 0 Å². The van der Waals surface area contributed by atoms with Crippen LogP contribution in [0.4, 0.5) is 0 Å². The average Bonchev–Trinajstić information content (AvgIpc) is 2.93. The molecule has 2 nitrogen and oxygen atoms in total. The Labute approximate surface area is 122 Å². The number of hydrogen-bond donors (Lipinski definition) is 2. The molecule has 0 spiro atoms. The highest BCUT2D eigenvalue weighted by molar-refractivity contribution is 8.07. The van der Waals surface area contributed by atoms with Crippen LogP contribution in [0.1, 0.15) is 24.6 Å². The third-order valence-corrected chi connectivity index (χ3v) is 7.73. The van der Waals surface area contributed by atoms with Gasteiger partial charge < -0.3 is 0 Å². The van der Waals surface area contributed by atoms with Crippen molar-refractivity contribution in [3.05, 3.63) is 22.4 Å². The van der Waals surface area contributed by atoms with Crippen LogP contribution >= 0.6 is 34.9 Å². The molecular formula is C13H22N2S3. The Bertz CT molecular complexity index is 329. The predicted octanol–water partition coefficient (Wildman–Crippen LogP) is 3.14. The Morgan fingerprint density at radius 1 is 1.44 bits per heavy atom. The van der Waals surface area contributed by atoms with Gasteiger partial charge in [-0.3, -0.25) is 11.3 Å². The van der Waals surface area contributed by atoms with Gasteiger partial charge in [0, 0.05) is 32.9 Å². The van der Waals surface area contributed by atoms with Crippen molar-refractivity contribution in [2.75, 3.05) is 11.5 Å². The summed E-state index contributed by atoms with van der Waals surface area (Å²) in [6.45, 7) is 2.30. The minimum absolute atomic E-state index is 0.440. The smallest absolute Gasteiger partial charge is 0.0343 e. The summed E-state index contributed by atoms with van der Waals surface area (Å²) in [5.41, 5.74) is 3.07. The number of nitrogens with one attached hydrogen (secondary N) is 1. The predicted molar refractivity (Wildman–Crippen MR) is 86.5 cm³/mol. The van der Waals surface area contributed by atoms with E-state index >= 15 is 0 Å². The zero-order chi connectivity index (χ0) is 12.8. The third-order valence-electron chi connectivity index (χ3n) is 3.39. The summed E-state index contributed by atoms with van der Waals surface area (Å²) < 4.78 is 0.